The third-order valence-corrected chi connectivity index (χ3v) is 4.96. The summed E-state index contributed by atoms with van der Waals surface area (Å²) >= 11 is 0. The first-order valence-corrected chi connectivity index (χ1v) is 10.7. The summed E-state index contributed by atoms with van der Waals surface area (Å²) in [6.07, 6.45) is 0. The van der Waals surface area contributed by atoms with Crippen LogP contribution < -0.4 is 20.1 Å². The molecular formula is C24H36N4O2. The fourth-order valence-corrected chi connectivity index (χ4v) is 3.22. The molecule has 30 heavy (non-hydrogen) atoms. The monoisotopic (exact) mass is 412 g/mol. The molecule has 0 heterocycles. The maximum absolute atomic E-state index is 5.39. The van der Waals surface area contributed by atoms with E-state index in [1.807, 2.05) is 18.2 Å². The number of methoxy groups -OCH3 is 2. The molecule has 0 aliphatic heterocycles. The number of benzene rings is 2. The summed E-state index contributed by atoms with van der Waals surface area (Å²) in [5.41, 5.74) is 3.64. The van der Waals surface area contributed by atoms with Crippen LogP contribution in [-0.4, -0.2) is 44.7 Å². The summed E-state index contributed by atoms with van der Waals surface area (Å²) in [5.74, 6) is 2.25. The zero-order chi connectivity index (χ0) is 21.8. The fraction of sp³-hybridized carbons (Fsp3) is 0.458. The third-order valence-electron chi connectivity index (χ3n) is 4.96. The van der Waals surface area contributed by atoms with Gasteiger partial charge in [0.1, 0.15) is 0 Å². The average Bonchev–Trinajstić information content (AvgIpc) is 2.79. The Balaban J connectivity index is 2.02. The normalized spacial score (nSPS) is 11.5. The second kappa shape index (κ2) is 12.8. The summed E-state index contributed by atoms with van der Waals surface area (Å²) in [5, 5.41) is 6.71. The van der Waals surface area contributed by atoms with Crippen LogP contribution in [-0.2, 0) is 19.6 Å². The van der Waals surface area contributed by atoms with Gasteiger partial charge in [-0.2, -0.15) is 0 Å². The molecule has 2 N–H and O–H groups in total. The second-order valence-electron chi connectivity index (χ2n) is 7.02. The molecule has 2 rings (SSSR count). The van der Waals surface area contributed by atoms with E-state index in [4.69, 9.17) is 14.5 Å². The topological polar surface area (TPSA) is 58.1 Å². The summed E-state index contributed by atoms with van der Waals surface area (Å²) in [4.78, 5) is 7.17. The molecule has 0 amide bonds. The van der Waals surface area contributed by atoms with E-state index in [0.29, 0.717) is 13.1 Å². The molecule has 0 fully saturated rings. The van der Waals surface area contributed by atoms with E-state index < -0.39 is 0 Å². The van der Waals surface area contributed by atoms with Gasteiger partial charge in [0.15, 0.2) is 17.5 Å². The van der Waals surface area contributed by atoms with Crippen LogP contribution >= 0.6 is 0 Å². The number of nitrogens with one attached hydrogen (secondary N) is 2. The van der Waals surface area contributed by atoms with Crippen molar-refractivity contribution in [2.75, 3.05) is 33.9 Å². The number of ether oxygens (including phenoxy) is 2. The maximum Gasteiger partial charge on any atom is 0.191 e. The minimum absolute atomic E-state index is 0.632. The van der Waals surface area contributed by atoms with Gasteiger partial charge in [-0.15, -0.1) is 0 Å². The van der Waals surface area contributed by atoms with Gasteiger partial charge in [0.25, 0.3) is 0 Å². The Bertz CT molecular complexity index is 804. The zero-order valence-corrected chi connectivity index (χ0v) is 19.0. The van der Waals surface area contributed by atoms with E-state index in [-0.39, 0.29) is 0 Å². The Morgan fingerprint density at radius 2 is 1.60 bits per heavy atom. The van der Waals surface area contributed by atoms with Crippen LogP contribution in [0.4, 0.5) is 0 Å². The van der Waals surface area contributed by atoms with Crippen molar-refractivity contribution in [3.63, 3.8) is 0 Å². The van der Waals surface area contributed by atoms with Gasteiger partial charge < -0.3 is 20.1 Å². The molecular weight excluding hydrogens is 376 g/mol. The molecule has 0 saturated carbocycles. The minimum Gasteiger partial charge on any atom is -0.493 e. The van der Waals surface area contributed by atoms with Gasteiger partial charge in [-0.3, -0.25) is 4.90 Å². The van der Waals surface area contributed by atoms with E-state index in [1.165, 1.54) is 11.1 Å². The Labute approximate surface area is 181 Å². The number of aliphatic imine (C=N–C) groups is 1. The number of hydrogen-bond donors (Lipinski definition) is 2. The summed E-state index contributed by atoms with van der Waals surface area (Å²) in [6.45, 7) is 11.6. The van der Waals surface area contributed by atoms with Gasteiger partial charge in [0, 0.05) is 19.6 Å². The van der Waals surface area contributed by atoms with Gasteiger partial charge >= 0.3 is 0 Å². The van der Waals surface area contributed by atoms with E-state index in [9.17, 15) is 0 Å². The van der Waals surface area contributed by atoms with Crippen LogP contribution in [0.2, 0.25) is 0 Å². The van der Waals surface area contributed by atoms with Crippen molar-refractivity contribution < 1.29 is 9.47 Å². The lowest BCUT2D eigenvalue weighted by atomic mass is 10.1. The van der Waals surface area contributed by atoms with Crippen molar-refractivity contribution >= 4 is 5.96 Å². The molecule has 0 atom stereocenters. The lowest BCUT2D eigenvalue weighted by Crippen LogP contribution is -2.36. The lowest BCUT2D eigenvalue weighted by molar-refractivity contribution is 0.296. The van der Waals surface area contributed by atoms with E-state index >= 15 is 0 Å². The smallest absolute Gasteiger partial charge is 0.191 e. The van der Waals surface area contributed by atoms with Crippen molar-refractivity contribution in [1.29, 1.82) is 0 Å². The fourth-order valence-electron chi connectivity index (χ4n) is 3.22. The highest BCUT2D eigenvalue weighted by Gasteiger charge is 2.06. The minimum atomic E-state index is 0.632. The number of nitrogens with zero attached hydrogens (tertiary/aromatic N) is 2. The predicted molar refractivity (Wildman–Crippen MR) is 124 cm³/mol. The molecule has 2 aromatic rings. The van der Waals surface area contributed by atoms with Gasteiger partial charge in [0.2, 0.25) is 0 Å². The number of rotatable bonds is 11. The summed E-state index contributed by atoms with van der Waals surface area (Å²) in [7, 11) is 3.29. The van der Waals surface area contributed by atoms with Crippen molar-refractivity contribution in [3.8, 4) is 11.5 Å². The van der Waals surface area contributed by atoms with Crippen LogP contribution in [0.3, 0.4) is 0 Å². The number of guanidine groups is 1. The molecule has 2 aromatic carbocycles. The standard InChI is InChI=1S/C24H36N4O2/c1-6-25-24(27-17-20-12-13-22(29-4)23(15-20)30-5)26-16-19-10-9-11-21(14-19)18-28(7-2)8-3/h9-15H,6-8,16-18H2,1-5H3,(H2,25,26,27). The Kier molecular flexibility index (Phi) is 10.0. The van der Waals surface area contributed by atoms with Crippen molar-refractivity contribution in [2.45, 2.75) is 40.4 Å². The Morgan fingerprint density at radius 1 is 0.867 bits per heavy atom. The molecule has 0 saturated heterocycles. The van der Waals surface area contributed by atoms with Crippen LogP contribution in [0.25, 0.3) is 0 Å². The average molecular weight is 413 g/mol. The molecule has 0 aliphatic rings. The number of hydrogen-bond acceptors (Lipinski definition) is 4. The molecule has 164 valence electrons. The first-order valence-electron chi connectivity index (χ1n) is 10.7. The SMILES string of the molecule is CCNC(=NCc1cccc(CN(CC)CC)c1)NCc1ccc(OC)c(OC)c1. The highest BCUT2D eigenvalue weighted by molar-refractivity contribution is 5.79. The first-order chi connectivity index (χ1) is 14.6. The molecule has 0 spiro atoms. The highest BCUT2D eigenvalue weighted by Crippen LogP contribution is 2.27. The highest BCUT2D eigenvalue weighted by atomic mass is 16.5. The molecule has 0 aliphatic carbocycles. The Morgan fingerprint density at radius 3 is 2.27 bits per heavy atom. The van der Waals surface area contributed by atoms with Gasteiger partial charge in [-0.25, -0.2) is 4.99 Å². The van der Waals surface area contributed by atoms with Crippen molar-refractivity contribution in [1.82, 2.24) is 15.5 Å². The van der Waals surface area contributed by atoms with Gasteiger partial charge in [-0.1, -0.05) is 44.2 Å². The first kappa shape index (κ1) is 23.5. The molecule has 0 radical (unpaired) electrons. The zero-order valence-electron chi connectivity index (χ0n) is 19.0. The van der Waals surface area contributed by atoms with E-state index in [1.54, 1.807) is 14.2 Å². The van der Waals surface area contributed by atoms with Crippen LogP contribution in [0.1, 0.15) is 37.5 Å². The molecule has 0 unspecified atom stereocenters. The predicted octanol–water partition coefficient (Wildman–Crippen LogP) is 3.80. The van der Waals surface area contributed by atoms with Gasteiger partial charge in [0.05, 0.1) is 20.8 Å². The molecule has 6 heteroatoms. The van der Waals surface area contributed by atoms with Crippen molar-refractivity contribution in [2.24, 2.45) is 4.99 Å². The van der Waals surface area contributed by atoms with Crippen LogP contribution in [0, 0.1) is 0 Å². The molecule has 6 nitrogen and oxygen atoms in total. The third kappa shape index (κ3) is 7.26. The summed E-state index contributed by atoms with van der Waals surface area (Å²) < 4.78 is 10.7. The van der Waals surface area contributed by atoms with E-state index in [2.05, 4.69) is 60.6 Å². The van der Waals surface area contributed by atoms with E-state index in [0.717, 1.165) is 49.2 Å². The largest absolute Gasteiger partial charge is 0.493 e. The molecule has 0 aromatic heterocycles. The van der Waals surface area contributed by atoms with Crippen LogP contribution in [0.5, 0.6) is 11.5 Å². The Hall–Kier alpha value is -2.73. The lowest BCUT2D eigenvalue weighted by Gasteiger charge is -2.18. The quantitative estimate of drug-likeness (QED) is 0.434. The maximum atomic E-state index is 5.39. The van der Waals surface area contributed by atoms with Crippen molar-refractivity contribution in [3.05, 3.63) is 59.2 Å². The molecule has 0 bridgehead atoms. The van der Waals surface area contributed by atoms with Crippen LogP contribution in [0.15, 0.2) is 47.5 Å². The van der Waals surface area contributed by atoms with Gasteiger partial charge in [-0.05, 0) is 48.8 Å². The second-order valence-corrected chi connectivity index (χ2v) is 7.02. The summed E-state index contributed by atoms with van der Waals surface area (Å²) in [6, 6.07) is 14.6.